The van der Waals surface area contributed by atoms with Crippen LogP contribution in [0.15, 0.2) is 60.7 Å². The Bertz CT molecular complexity index is 976. The molecule has 2 saturated heterocycles. The van der Waals surface area contributed by atoms with Gasteiger partial charge in [0, 0.05) is 32.7 Å². The first-order chi connectivity index (χ1) is 17.0. The number of carboxylic acid groups (broad SMARTS) is 1. The molecule has 0 bridgehead atoms. The van der Waals surface area contributed by atoms with Crippen LogP contribution in [0.25, 0.3) is 0 Å². The number of carboxylic acids is 1. The Kier molecular flexibility index (Phi) is 8.02. The largest absolute Gasteiger partial charge is 0.481 e. The van der Waals surface area contributed by atoms with Crippen LogP contribution in [-0.4, -0.2) is 90.2 Å². The summed E-state index contributed by atoms with van der Waals surface area (Å²) >= 11 is 0. The van der Waals surface area contributed by atoms with Gasteiger partial charge < -0.3 is 24.5 Å². The topological polar surface area (TPSA) is 90.4 Å². The van der Waals surface area contributed by atoms with E-state index in [1.807, 2.05) is 65.6 Å². The smallest absolute Gasteiger partial charge is 0.409 e. The lowest BCUT2D eigenvalue weighted by Gasteiger charge is -2.44. The second-order valence-electron chi connectivity index (χ2n) is 9.29. The first-order valence-corrected chi connectivity index (χ1v) is 12.2. The maximum Gasteiger partial charge on any atom is 0.409 e. The van der Waals surface area contributed by atoms with Crippen molar-refractivity contribution in [1.29, 1.82) is 0 Å². The molecule has 2 fully saturated rings. The molecular weight excluding hydrogens is 446 g/mol. The van der Waals surface area contributed by atoms with Gasteiger partial charge in [-0.3, -0.25) is 9.59 Å². The van der Waals surface area contributed by atoms with Gasteiger partial charge in [0.15, 0.2) is 0 Å². The lowest BCUT2D eigenvalue weighted by atomic mass is 9.89. The number of likely N-dealkylation sites (tertiary alicyclic amines) is 1. The molecule has 0 aliphatic carbocycles. The van der Waals surface area contributed by atoms with Gasteiger partial charge in [-0.2, -0.15) is 0 Å². The number of hydrogen-bond acceptors (Lipinski definition) is 5. The number of piperidine rings is 1. The van der Waals surface area contributed by atoms with Gasteiger partial charge in [-0.1, -0.05) is 60.7 Å². The molecule has 2 aromatic rings. The summed E-state index contributed by atoms with van der Waals surface area (Å²) in [5.41, 5.74) is 1.84. The zero-order valence-corrected chi connectivity index (χ0v) is 20.1. The lowest BCUT2D eigenvalue weighted by molar-refractivity contribution is -0.144. The zero-order valence-electron chi connectivity index (χ0n) is 20.1. The van der Waals surface area contributed by atoms with Crippen LogP contribution in [0.1, 0.15) is 29.9 Å². The monoisotopic (exact) mass is 479 g/mol. The van der Waals surface area contributed by atoms with Gasteiger partial charge in [-0.25, -0.2) is 4.79 Å². The van der Waals surface area contributed by atoms with E-state index in [1.165, 1.54) is 7.11 Å². The van der Waals surface area contributed by atoms with Gasteiger partial charge >= 0.3 is 12.1 Å². The molecule has 2 aliphatic heterocycles. The Hall–Kier alpha value is -3.39. The van der Waals surface area contributed by atoms with E-state index >= 15 is 0 Å². The third-order valence-electron chi connectivity index (χ3n) is 7.04. The minimum absolute atomic E-state index is 0.0105. The van der Waals surface area contributed by atoms with Crippen molar-refractivity contribution in [2.45, 2.75) is 24.8 Å². The van der Waals surface area contributed by atoms with Crippen molar-refractivity contribution < 1.29 is 24.2 Å². The van der Waals surface area contributed by atoms with E-state index in [4.69, 9.17) is 4.74 Å². The third-order valence-corrected chi connectivity index (χ3v) is 7.04. The third kappa shape index (κ3) is 5.82. The summed E-state index contributed by atoms with van der Waals surface area (Å²) in [5.74, 6) is -1.66. The Labute approximate surface area is 206 Å². The first-order valence-electron chi connectivity index (χ1n) is 12.2. The molecule has 0 radical (unpaired) electrons. The van der Waals surface area contributed by atoms with Gasteiger partial charge in [0.1, 0.15) is 0 Å². The van der Waals surface area contributed by atoms with Gasteiger partial charge in [-0.15, -0.1) is 0 Å². The van der Waals surface area contributed by atoms with E-state index in [9.17, 15) is 19.5 Å². The minimum Gasteiger partial charge on any atom is -0.481 e. The molecule has 4 rings (SSSR count). The van der Waals surface area contributed by atoms with Crippen molar-refractivity contribution >= 4 is 18.0 Å². The molecule has 186 valence electrons. The van der Waals surface area contributed by atoms with Gasteiger partial charge in [0.2, 0.25) is 5.91 Å². The van der Waals surface area contributed by atoms with Crippen molar-refractivity contribution in [3.63, 3.8) is 0 Å². The molecular formula is C27H33N3O5. The number of methoxy groups -OCH3 is 1. The van der Waals surface area contributed by atoms with Crippen LogP contribution in [0.4, 0.5) is 4.79 Å². The lowest BCUT2D eigenvalue weighted by Crippen LogP contribution is -2.61. The fraction of sp³-hybridized carbons (Fsp3) is 0.444. The number of hydrogen-bond donors (Lipinski definition) is 1. The number of carbonyl (C=O) groups excluding carboxylic acids is 2. The Morgan fingerprint density at radius 3 is 2.14 bits per heavy atom. The van der Waals surface area contributed by atoms with E-state index in [0.29, 0.717) is 39.1 Å². The Morgan fingerprint density at radius 1 is 0.943 bits per heavy atom. The number of ether oxygens (including phenoxy) is 1. The molecule has 0 saturated carbocycles. The van der Waals surface area contributed by atoms with Gasteiger partial charge in [0.25, 0.3) is 0 Å². The maximum absolute atomic E-state index is 14.1. The van der Waals surface area contributed by atoms with E-state index < -0.39 is 23.9 Å². The highest BCUT2D eigenvalue weighted by molar-refractivity contribution is 5.88. The number of benzene rings is 2. The Balaban J connectivity index is 1.61. The summed E-state index contributed by atoms with van der Waals surface area (Å²) in [7, 11) is 1.36. The van der Waals surface area contributed by atoms with Crippen LogP contribution in [0.3, 0.4) is 0 Å². The van der Waals surface area contributed by atoms with E-state index in [2.05, 4.69) is 4.90 Å². The fourth-order valence-electron chi connectivity index (χ4n) is 5.25. The molecule has 1 N–H and O–H groups in total. The molecule has 2 heterocycles. The minimum atomic E-state index is -0.782. The summed E-state index contributed by atoms with van der Waals surface area (Å²) in [6.45, 7) is 2.88. The predicted octanol–water partition coefficient (Wildman–Crippen LogP) is 2.89. The van der Waals surface area contributed by atoms with Crippen LogP contribution in [0, 0.1) is 5.92 Å². The molecule has 2 aliphatic rings. The highest BCUT2D eigenvalue weighted by Gasteiger charge is 2.38. The van der Waals surface area contributed by atoms with Gasteiger partial charge in [0.05, 0.1) is 25.0 Å². The second kappa shape index (κ2) is 11.4. The Morgan fingerprint density at radius 2 is 1.57 bits per heavy atom. The second-order valence-corrected chi connectivity index (χ2v) is 9.29. The summed E-state index contributed by atoms with van der Waals surface area (Å²) in [6.07, 6.45) is 1.05. The highest BCUT2D eigenvalue weighted by Crippen LogP contribution is 2.29. The van der Waals surface area contributed by atoms with Gasteiger partial charge in [-0.05, 0) is 30.5 Å². The molecule has 2 atom stereocenters. The SMILES string of the molecule is COC(=O)N1CCN(C(=O)C(c2ccccc2)c2ccccc2)C(CN2CCCC(C(=O)O)C2)C1. The normalized spacial score (nSPS) is 21.1. The van der Waals surface area contributed by atoms with Crippen molar-refractivity contribution in [2.24, 2.45) is 5.92 Å². The average Bonchev–Trinajstić information content (AvgIpc) is 2.89. The van der Waals surface area contributed by atoms with Crippen molar-refractivity contribution in [3.05, 3.63) is 71.8 Å². The van der Waals surface area contributed by atoms with E-state index in [-0.39, 0.29) is 11.9 Å². The van der Waals surface area contributed by atoms with Crippen molar-refractivity contribution in [1.82, 2.24) is 14.7 Å². The summed E-state index contributed by atoms with van der Waals surface area (Å²) in [6, 6.07) is 19.2. The molecule has 0 spiro atoms. The molecule has 0 aromatic heterocycles. The summed E-state index contributed by atoms with van der Waals surface area (Å²) in [4.78, 5) is 43.7. The standard InChI is InChI=1S/C27H33N3O5/c1-35-27(34)29-15-16-30(23(19-29)18-28-14-8-13-22(17-28)26(32)33)25(31)24(20-9-4-2-5-10-20)21-11-6-3-7-12-21/h2-7,9-12,22-24H,8,13-19H2,1H3,(H,32,33). The highest BCUT2D eigenvalue weighted by atomic mass is 16.5. The zero-order chi connectivity index (χ0) is 24.8. The molecule has 2 aromatic carbocycles. The summed E-state index contributed by atoms with van der Waals surface area (Å²) in [5, 5.41) is 9.51. The van der Waals surface area contributed by atoms with E-state index in [0.717, 1.165) is 24.1 Å². The first kappa shape index (κ1) is 24.7. The molecule has 35 heavy (non-hydrogen) atoms. The molecule has 8 nitrogen and oxygen atoms in total. The average molecular weight is 480 g/mol. The number of piperazine rings is 1. The number of aliphatic carboxylic acids is 1. The number of nitrogens with zero attached hydrogens (tertiary/aromatic N) is 3. The summed E-state index contributed by atoms with van der Waals surface area (Å²) < 4.78 is 4.95. The van der Waals surface area contributed by atoms with Crippen LogP contribution in [0.2, 0.25) is 0 Å². The number of rotatable bonds is 6. The molecule has 8 heteroatoms. The molecule has 2 amide bonds. The van der Waals surface area contributed by atoms with Crippen molar-refractivity contribution in [3.8, 4) is 0 Å². The quantitative estimate of drug-likeness (QED) is 0.685. The van der Waals surface area contributed by atoms with Crippen molar-refractivity contribution in [2.75, 3.05) is 46.4 Å². The van der Waals surface area contributed by atoms with Crippen LogP contribution in [0.5, 0.6) is 0 Å². The van der Waals surface area contributed by atoms with Crippen LogP contribution in [-0.2, 0) is 14.3 Å². The van der Waals surface area contributed by atoms with Crippen LogP contribution < -0.4 is 0 Å². The maximum atomic E-state index is 14.1. The fourth-order valence-corrected chi connectivity index (χ4v) is 5.25. The van der Waals surface area contributed by atoms with E-state index in [1.54, 1.807) is 4.90 Å². The molecule has 2 unspecified atom stereocenters. The van der Waals surface area contributed by atoms with Crippen LogP contribution >= 0.6 is 0 Å². The number of amides is 2. The number of carbonyl (C=O) groups is 3. The predicted molar refractivity (Wildman–Crippen MR) is 131 cm³/mol.